The summed E-state index contributed by atoms with van der Waals surface area (Å²) in [5.74, 6) is 1.25. The van der Waals surface area contributed by atoms with Gasteiger partial charge in [0.15, 0.2) is 0 Å². The van der Waals surface area contributed by atoms with Gasteiger partial charge in [0.05, 0.1) is 5.56 Å². The number of aryl methyl sites for hydroxylation is 2. The quantitative estimate of drug-likeness (QED) is 0.397. The molecule has 4 heteroatoms. The molecule has 1 nitrogen and oxygen atoms in total. The van der Waals surface area contributed by atoms with Crippen molar-refractivity contribution in [3.8, 4) is 16.9 Å². The number of hydrogen-bond acceptors (Lipinski definition) is 1. The van der Waals surface area contributed by atoms with Crippen LogP contribution in [0.4, 0.5) is 13.2 Å². The highest BCUT2D eigenvalue weighted by molar-refractivity contribution is 5.72. The predicted octanol–water partition coefficient (Wildman–Crippen LogP) is 8.16. The molecule has 0 saturated carbocycles. The Labute approximate surface area is 176 Å². The first-order valence-corrected chi connectivity index (χ1v) is 10.2. The Balaban J connectivity index is 1.90. The van der Waals surface area contributed by atoms with Crippen molar-refractivity contribution in [2.24, 2.45) is 5.92 Å². The van der Waals surface area contributed by atoms with E-state index in [4.69, 9.17) is 4.74 Å². The average Bonchev–Trinajstić information content (AvgIpc) is 2.67. The van der Waals surface area contributed by atoms with E-state index in [0.717, 1.165) is 52.1 Å². The second-order valence-electron chi connectivity index (χ2n) is 8.15. The van der Waals surface area contributed by atoms with Gasteiger partial charge in [-0.25, -0.2) is 0 Å². The van der Waals surface area contributed by atoms with Gasteiger partial charge in [-0.2, -0.15) is 13.2 Å². The van der Waals surface area contributed by atoms with Crippen molar-refractivity contribution in [3.63, 3.8) is 0 Å². The molecule has 3 rings (SSSR count). The molecule has 0 aromatic heterocycles. The molecular formula is C26H27F3O. The zero-order valence-electron chi connectivity index (χ0n) is 17.8. The zero-order valence-corrected chi connectivity index (χ0v) is 17.8. The van der Waals surface area contributed by atoms with Crippen molar-refractivity contribution in [2.45, 2.75) is 46.4 Å². The van der Waals surface area contributed by atoms with Crippen molar-refractivity contribution in [2.75, 3.05) is 0 Å². The van der Waals surface area contributed by atoms with Crippen molar-refractivity contribution < 1.29 is 17.9 Å². The van der Waals surface area contributed by atoms with E-state index in [2.05, 4.69) is 26.0 Å². The summed E-state index contributed by atoms with van der Waals surface area (Å²) in [5.41, 5.74) is 4.15. The number of benzene rings is 3. The lowest BCUT2D eigenvalue weighted by molar-refractivity contribution is -0.137. The average molecular weight is 412 g/mol. The third-order valence-corrected chi connectivity index (χ3v) is 5.14. The Morgan fingerprint density at radius 3 is 1.90 bits per heavy atom. The predicted molar refractivity (Wildman–Crippen MR) is 116 cm³/mol. The maximum Gasteiger partial charge on any atom is 0.416 e. The Morgan fingerprint density at radius 1 is 0.833 bits per heavy atom. The summed E-state index contributed by atoms with van der Waals surface area (Å²) in [7, 11) is 0. The third kappa shape index (κ3) is 5.24. The molecule has 0 heterocycles. The number of rotatable bonds is 6. The molecule has 1 unspecified atom stereocenters. The van der Waals surface area contributed by atoms with Crippen LogP contribution in [0.3, 0.4) is 0 Å². The van der Waals surface area contributed by atoms with Crippen LogP contribution in [0.2, 0.25) is 0 Å². The second kappa shape index (κ2) is 8.95. The standard InChI is InChI=1S/C26H27F3O/c1-17(2)14-24(20-8-6-5-7-9-20)30-23-15-18(3)25(19(4)16-23)21-10-12-22(13-11-21)26(27,28)29/h5-13,15-17,24H,14H2,1-4H3. The molecule has 0 fully saturated rings. The van der Waals surface area contributed by atoms with Crippen LogP contribution in [0.25, 0.3) is 11.1 Å². The molecule has 1 atom stereocenters. The van der Waals surface area contributed by atoms with Gasteiger partial charge in [-0.3, -0.25) is 0 Å². The summed E-state index contributed by atoms with van der Waals surface area (Å²) in [4.78, 5) is 0. The smallest absolute Gasteiger partial charge is 0.416 e. The summed E-state index contributed by atoms with van der Waals surface area (Å²) in [6.07, 6.45) is -3.49. The van der Waals surface area contributed by atoms with Crippen LogP contribution in [0.5, 0.6) is 5.75 Å². The third-order valence-electron chi connectivity index (χ3n) is 5.14. The van der Waals surface area contributed by atoms with E-state index < -0.39 is 11.7 Å². The number of alkyl halides is 3. The molecule has 0 amide bonds. The number of ether oxygens (including phenoxy) is 1. The van der Waals surface area contributed by atoms with E-state index >= 15 is 0 Å². The molecule has 30 heavy (non-hydrogen) atoms. The first kappa shape index (κ1) is 21.9. The maximum atomic E-state index is 12.9. The van der Waals surface area contributed by atoms with Crippen LogP contribution in [0, 0.1) is 19.8 Å². The zero-order chi connectivity index (χ0) is 21.9. The van der Waals surface area contributed by atoms with Gasteiger partial charge < -0.3 is 4.74 Å². The number of hydrogen-bond donors (Lipinski definition) is 0. The van der Waals surface area contributed by atoms with Gasteiger partial charge in [-0.15, -0.1) is 0 Å². The van der Waals surface area contributed by atoms with E-state index in [1.807, 2.05) is 44.2 Å². The fourth-order valence-electron chi connectivity index (χ4n) is 3.79. The normalized spacial score (nSPS) is 12.8. The van der Waals surface area contributed by atoms with Gasteiger partial charge >= 0.3 is 6.18 Å². The van der Waals surface area contributed by atoms with Crippen LogP contribution < -0.4 is 4.74 Å². The molecule has 0 N–H and O–H groups in total. The van der Waals surface area contributed by atoms with Gasteiger partial charge in [-0.1, -0.05) is 56.3 Å². The molecule has 0 radical (unpaired) electrons. The molecule has 0 bridgehead atoms. The van der Waals surface area contributed by atoms with Gasteiger partial charge in [0.1, 0.15) is 11.9 Å². The van der Waals surface area contributed by atoms with Gasteiger partial charge in [0.2, 0.25) is 0 Å². The minimum absolute atomic E-state index is 0.0538. The van der Waals surface area contributed by atoms with E-state index in [-0.39, 0.29) is 6.10 Å². The monoisotopic (exact) mass is 412 g/mol. The van der Waals surface area contributed by atoms with Crippen LogP contribution in [0.1, 0.15) is 48.6 Å². The summed E-state index contributed by atoms with van der Waals surface area (Å²) in [6, 6.07) is 19.4. The summed E-state index contributed by atoms with van der Waals surface area (Å²) in [6.45, 7) is 8.27. The van der Waals surface area contributed by atoms with E-state index in [1.165, 1.54) is 12.1 Å². The minimum atomic E-state index is -4.33. The lowest BCUT2D eigenvalue weighted by atomic mass is 9.94. The Kier molecular flexibility index (Phi) is 6.55. The first-order valence-electron chi connectivity index (χ1n) is 10.2. The van der Waals surface area contributed by atoms with Crippen LogP contribution in [0.15, 0.2) is 66.7 Å². The number of halogens is 3. The maximum absolute atomic E-state index is 12.9. The SMILES string of the molecule is Cc1cc(OC(CC(C)C)c2ccccc2)cc(C)c1-c1ccc(C(F)(F)F)cc1. The lowest BCUT2D eigenvalue weighted by Gasteiger charge is -2.23. The topological polar surface area (TPSA) is 9.23 Å². The fraction of sp³-hybridized carbons (Fsp3) is 0.308. The molecule has 0 aliphatic heterocycles. The molecule has 158 valence electrons. The molecular weight excluding hydrogens is 385 g/mol. The van der Waals surface area contributed by atoms with Crippen molar-refractivity contribution >= 4 is 0 Å². The summed E-state index contributed by atoms with van der Waals surface area (Å²) < 4.78 is 45.0. The van der Waals surface area contributed by atoms with Crippen molar-refractivity contribution in [3.05, 3.63) is 89.0 Å². The summed E-state index contributed by atoms with van der Waals surface area (Å²) in [5, 5.41) is 0. The Morgan fingerprint density at radius 2 is 1.40 bits per heavy atom. The Hall–Kier alpha value is -2.75. The van der Waals surface area contributed by atoms with Crippen LogP contribution in [-0.4, -0.2) is 0 Å². The first-order chi connectivity index (χ1) is 14.1. The Bertz CT molecular complexity index is 950. The molecule has 0 aliphatic rings. The van der Waals surface area contributed by atoms with Gasteiger partial charge in [0.25, 0.3) is 0 Å². The highest BCUT2D eigenvalue weighted by Gasteiger charge is 2.30. The van der Waals surface area contributed by atoms with E-state index in [0.29, 0.717) is 5.92 Å². The van der Waals surface area contributed by atoms with Crippen LogP contribution in [-0.2, 0) is 6.18 Å². The molecule has 0 spiro atoms. The van der Waals surface area contributed by atoms with E-state index in [9.17, 15) is 13.2 Å². The van der Waals surface area contributed by atoms with Gasteiger partial charge in [-0.05, 0) is 78.3 Å². The lowest BCUT2D eigenvalue weighted by Crippen LogP contribution is -2.11. The van der Waals surface area contributed by atoms with E-state index in [1.54, 1.807) is 0 Å². The van der Waals surface area contributed by atoms with Crippen molar-refractivity contribution in [1.82, 2.24) is 0 Å². The minimum Gasteiger partial charge on any atom is -0.486 e. The largest absolute Gasteiger partial charge is 0.486 e. The fourth-order valence-corrected chi connectivity index (χ4v) is 3.79. The highest BCUT2D eigenvalue weighted by atomic mass is 19.4. The van der Waals surface area contributed by atoms with Gasteiger partial charge in [0, 0.05) is 0 Å². The second-order valence-corrected chi connectivity index (χ2v) is 8.15. The van der Waals surface area contributed by atoms with Crippen molar-refractivity contribution in [1.29, 1.82) is 0 Å². The molecule has 3 aromatic rings. The highest BCUT2D eigenvalue weighted by Crippen LogP contribution is 2.36. The van der Waals surface area contributed by atoms with Crippen LogP contribution >= 0.6 is 0 Å². The summed E-state index contributed by atoms with van der Waals surface area (Å²) >= 11 is 0. The molecule has 0 saturated heterocycles. The molecule has 3 aromatic carbocycles. The molecule has 0 aliphatic carbocycles.